The summed E-state index contributed by atoms with van der Waals surface area (Å²) in [6.45, 7) is 5.79. The molecule has 0 radical (unpaired) electrons. The Kier molecular flexibility index (Phi) is 4.81. The summed E-state index contributed by atoms with van der Waals surface area (Å²) in [5.41, 5.74) is 1.76. The predicted octanol–water partition coefficient (Wildman–Crippen LogP) is 5.17. The summed E-state index contributed by atoms with van der Waals surface area (Å²) < 4.78 is 6.08. The van der Waals surface area contributed by atoms with Gasteiger partial charge in [-0.25, -0.2) is 0 Å². The van der Waals surface area contributed by atoms with Crippen molar-refractivity contribution in [2.45, 2.75) is 32.4 Å². The second kappa shape index (κ2) is 6.74. The van der Waals surface area contributed by atoms with E-state index < -0.39 is 11.6 Å². The molecule has 1 heterocycles. The number of ether oxygens (including phenoxy) is 1. The summed E-state index contributed by atoms with van der Waals surface area (Å²) in [6, 6.07) is 14.9. The summed E-state index contributed by atoms with van der Waals surface area (Å²) in [5, 5.41) is 4.07. The molecule has 25 heavy (non-hydrogen) atoms. The van der Waals surface area contributed by atoms with Crippen LogP contribution in [0.15, 0.2) is 54.3 Å². The fraction of sp³-hybridized carbons (Fsp3) is 0.250. The molecule has 2 aromatic carbocycles. The summed E-state index contributed by atoms with van der Waals surface area (Å²) in [7, 11) is 0. The second-order valence-electron chi connectivity index (χ2n) is 6.65. The molecule has 1 N–H and O–H groups in total. The Balaban J connectivity index is 1.95. The normalized spacial score (nSPS) is 18.0. The van der Waals surface area contributed by atoms with E-state index >= 15 is 0 Å². The predicted molar refractivity (Wildman–Crippen MR) is 102 cm³/mol. The summed E-state index contributed by atoms with van der Waals surface area (Å²) in [4.78, 5) is 12.7. The third-order valence-corrected chi connectivity index (χ3v) is 4.90. The van der Waals surface area contributed by atoms with Gasteiger partial charge in [0.15, 0.2) is 6.23 Å². The highest BCUT2D eigenvalue weighted by Gasteiger charge is 2.39. The first kappa shape index (κ1) is 17.8. The maximum Gasteiger partial charge on any atom is 0.258 e. The number of hydrogen-bond acceptors (Lipinski definition) is 2. The zero-order valence-corrected chi connectivity index (χ0v) is 15.8. The number of hydrogen-bond donors (Lipinski definition) is 1. The fourth-order valence-corrected chi connectivity index (χ4v) is 3.49. The quantitative estimate of drug-likeness (QED) is 0.802. The van der Waals surface area contributed by atoms with Crippen molar-refractivity contribution in [2.75, 3.05) is 0 Å². The lowest BCUT2D eigenvalue weighted by Gasteiger charge is -2.38. The highest BCUT2D eigenvalue weighted by molar-refractivity contribution is 6.34. The van der Waals surface area contributed by atoms with Gasteiger partial charge in [-0.3, -0.25) is 4.79 Å². The number of halogens is 2. The van der Waals surface area contributed by atoms with E-state index in [2.05, 4.69) is 5.32 Å². The smallest absolute Gasteiger partial charge is 0.258 e. The number of allylic oxidation sites excluding steroid dienone is 1. The van der Waals surface area contributed by atoms with Crippen molar-refractivity contribution in [3.63, 3.8) is 0 Å². The standard InChI is InChI=1S/C20H19Cl2NO2/c1-12-17(13-7-5-4-6-8-13)18(24)23-19(25-12)20(2,3)14-9-15(21)11-16(22)10-14/h4-11,19H,1-3H3,(H,23,24). The third-order valence-electron chi connectivity index (χ3n) is 4.46. The van der Waals surface area contributed by atoms with Crippen LogP contribution in [0, 0.1) is 0 Å². The molecule has 2 aromatic rings. The Morgan fingerprint density at radius 2 is 1.64 bits per heavy atom. The van der Waals surface area contributed by atoms with Gasteiger partial charge in [-0.1, -0.05) is 67.4 Å². The van der Waals surface area contributed by atoms with Crippen LogP contribution in [0.2, 0.25) is 10.0 Å². The van der Waals surface area contributed by atoms with Crippen molar-refractivity contribution >= 4 is 34.7 Å². The first-order valence-corrected chi connectivity index (χ1v) is 8.75. The van der Waals surface area contributed by atoms with E-state index in [-0.39, 0.29) is 5.91 Å². The molecule has 1 unspecified atom stereocenters. The van der Waals surface area contributed by atoms with Gasteiger partial charge in [0.25, 0.3) is 5.91 Å². The van der Waals surface area contributed by atoms with Crippen molar-refractivity contribution < 1.29 is 9.53 Å². The molecule has 1 atom stereocenters. The van der Waals surface area contributed by atoms with E-state index in [9.17, 15) is 4.79 Å². The minimum atomic E-state index is -0.526. The molecule has 1 aliphatic heterocycles. The molecule has 0 aliphatic carbocycles. The monoisotopic (exact) mass is 375 g/mol. The van der Waals surface area contributed by atoms with E-state index in [1.165, 1.54) is 0 Å². The van der Waals surface area contributed by atoms with Crippen LogP contribution in [-0.2, 0) is 14.9 Å². The molecule has 0 saturated carbocycles. The molecule has 0 fully saturated rings. The van der Waals surface area contributed by atoms with Gasteiger partial charge >= 0.3 is 0 Å². The molecule has 0 aromatic heterocycles. The highest BCUT2D eigenvalue weighted by Crippen LogP contribution is 2.36. The Morgan fingerprint density at radius 1 is 1.04 bits per heavy atom. The van der Waals surface area contributed by atoms with Crippen LogP contribution >= 0.6 is 23.2 Å². The molecule has 1 aliphatic rings. The average Bonchev–Trinajstić information content (AvgIpc) is 2.54. The lowest BCUT2D eigenvalue weighted by molar-refractivity contribution is -0.122. The van der Waals surface area contributed by atoms with Crippen LogP contribution in [-0.4, -0.2) is 12.1 Å². The number of nitrogens with one attached hydrogen (secondary N) is 1. The van der Waals surface area contributed by atoms with Gasteiger partial charge in [-0.15, -0.1) is 0 Å². The van der Waals surface area contributed by atoms with Gasteiger partial charge in [0.2, 0.25) is 0 Å². The minimum absolute atomic E-state index is 0.152. The second-order valence-corrected chi connectivity index (χ2v) is 7.52. The molecule has 3 nitrogen and oxygen atoms in total. The van der Waals surface area contributed by atoms with Crippen molar-refractivity contribution in [3.05, 3.63) is 75.5 Å². The van der Waals surface area contributed by atoms with E-state index in [1.807, 2.05) is 63.2 Å². The van der Waals surface area contributed by atoms with E-state index in [4.69, 9.17) is 27.9 Å². The first-order valence-electron chi connectivity index (χ1n) is 7.99. The summed E-state index contributed by atoms with van der Waals surface area (Å²) >= 11 is 12.3. The molecule has 130 valence electrons. The first-order chi connectivity index (χ1) is 11.8. The molecule has 0 bridgehead atoms. The minimum Gasteiger partial charge on any atom is -0.474 e. The van der Waals surface area contributed by atoms with Gasteiger partial charge in [-0.05, 0) is 36.2 Å². The molecule has 0 spiro atoms. The van der Waals surface area contributed by atoms with Crippen LogP contribution in [0.3, 0.4) is 0 Å². The Labute approximate surface area is 157 Å². The molecular weight excluding hydrogens is 357 g/mol. The molecule has 5 heteroatoms. The maximum atomic E-state index is 12.7. The van der Waals surface area contributed by atoms with Crippen LogP contribution in [0.1, 0.15) is 31.9 Å². The Hall–Kier alpha value is -1.97. The van der Waals surface area contributed by atoms with Crippen molar-refractivity contribution in [1.82, 2.24) is 5.32 Å². The van der Waals surface area contributed by atoms with Gasteiger partial charge in [0.1, 0.15) is 5.76 Å². The number of benzene rings is 2. The SMILES string of the molecule is CC1=C(c2ccccc2)C(=O)NC(C(C)(C)c2cc(Cl)cc(Cl)c2)O1. The van der Waals surface area contributed by atoms with Crippen molar-refractivity contribution in [3.8, 4) is 0 Å². The van der Waals surface area contributed by atoms with Gasteiger partial charge in [0.05, 0.1) is 5.57 Å². The topological polar surface area (TPSA) is 38.3 Å². The van der Waals surface area contributed by atoms with Crippen LogP contribution < -0.4 is 5.32 Å². The number of carbonyl (C=O) groups is 1. The van der Waals surface area contributed by atoms with Gasteiger partial charge in [-0.2, -0.15) is 0 Å². The van der Waals surface area contributed by atoms with E-state index in [1.54, 1.807) is 6.07 Å². The number of rotatable bonds is 3. The fourth-order valence-electron chi connectivity index (χ4n) is 2.96. The van der Waals surface area contributed by atoms with Crippen LogP contribution in [0.25, 0.3) is 5.57 Å². The van der Waals surface area contributed by atoms with Gasteiger partial charge < -0.3 is 10.1 Å². The number of carbonyl (C=O) groups excluding carboxylic acids is 1. The zero-order valence-electron chi connectivity index (χ0n) is 14.3. The van der Waals surface area contributed by atoms with Crippen LogP contribution in [0.4, 0.5) is 0 Å². The lowest BCUT2D eigenvalue weighted by Crippen LogP contribution is -2.51. The van der Waals surface area contributed by atoms with E-state index in [0.717, 1.165) is 11.1 Å². The Morgan fingerprint density at radius 3 is 2.20 bits per heavy atom. The maximum absolute atomic E-state index is 12.7. The van der Waals surface area contributed by atoms with Crippen molar-refractivity contribution in [2.24, 2.45) is 0 Å². The van der Waals surface area contributed by atoms with Crippen LogP contribution in [0.5, 0.6) is 0 Å². The Bertz CT molecular complexity index is 824. The largest absolute Gasteiger partial charge is 0.474 e. The summed E-state index contributed by atoms with van der Waals surface area (Å²) in [6.07, 6.45) is -0.526. The third kappa shape index (κ3) is 3.53. The molecule has 1 amide bonds. The molecule has 3 rings (SSSR count). The van der Waals surface area contributed by atoms with E-state index in [0.29, 0.717) is 21.4 Å². The van der Waals surface area contributed by atoms with Crippen molar-refractivity contribution in [1.29, 1.82) is 0 Å². The lowest BCUT2D eigenvalue weighted by atomic mass is 9.82. The average molecular weight is 376 g/mol. The number of amides is 1. The molecular formula is C20H19Cl2NO2. The van der Waals surface area contributed by atoms with Gasteiger partial charge in [0, 0.05) is 15.5 Å². The zero-order chi connectivity index (χ0) is 18.2. The summed E-state index contributed by atoms with van der Waals surface area (Å²) in [5.74, 6) is 0.447. The molecule has 0 saturated heterocycles. The highest BCUT2D eigenvalue weighted by atomic mass is 35.5.